The highest BCUT2D eigenvalue weighted by molar-refractivity contribution is 5.85. The molecular weight excluding hydrogens is 283 g/mol. The van der Waals surface area contributed by atoms with Crippen molar-refractivity contribution in [3.63, 3.8) is 0 Å². The zero-order valence-corrected chi connectivity index (χ0v) is 11.1. The molecular formula is C12H15ClF3NO2. The van der Waals surface area contributed by atoms with Gasteiger partial charge in [-0.1, -0.05) is 6.07 Å². The molecule has 0 spiro atoms. The minimum absolute atomic E-state index is 0. The lowest BCUT2D eigenvalue weighted by Gasteiger charge is -2.15. The van der Waals surface area contributed by atoms with Crippen molar-refractivity contribution >= 4 is 18.4 Å². The molecule has 0 aliphatic heterocycles. The number of nitrogens with two attached hydrogens (primary N) is 1. The van der Waals surface area contributed by atoms with E-state index in [9.17, 15) is 18.0 Å². The molecule has 3 nitrogen and oxygen atoms in total. The van der Waals surface area contributed by atoms with Gasteiger partial charge in [-0.15, -0.1) is 12.4 Å². The number of esters is 1. The van der Waals surface area contributed by atoms with Gasteiger partial charge in [0.2, 0.25) is 0 Å². The van der Waals surface area contributed by atoms with Crippen molar-refractivity contribution in [1.29, 1.82) is 0 Å². The van der Waals surface area contributed by atoms with Crippen molar-refractivity contribution in [1.82, 2.24) is 0 Å². The van der Waals surface area contributed by atoms with Crippen LogP contribution in [0.3, 0.4) is 0 Å². The van der Waals surface area contributed by atoms with Crippen LogP contribution in [0.15, 0.2) is 12.1 Å². The molecule has 0 saturated carbocycles. The first kappa shape index (κ1) is 17.7. The molecule has 0 saturated heterocycles. The van der Waals surface area contributed by atoms with Crippen LogP contribution < -0.4 is 5.73 Å². The highest BCUT2D eigenvalue weighted by Crippen LogP contribution is 2.25. The Morgan fingerprint density at radius 2 is 1.95 bits per heavy atom. The second-order valence-electron chi connectivity index (χ2n) is 3.71. The number of hydrogen-bond donors (Lipinski definition) is 1. The predicted octanol–water partition coefficient (Wildman–Crippen LogP) is 2.52. The molecule has 0 heterocycles. The maximum Gasteiger partial charge on any atom is 0.306 e. The summed E-state index contributed by atoms with van der Waals surface area (Å²) in [6, 6.07) is 1.89. The summed E-state index contributed by atoms with van der Waals surface area (Å²) < 4.78 is 44.1. The Balaban J connectivity index is 0.00000324. The number of ether oxygens (including phenoxy) is 1. The van der Waals surface area contributed by atoms with Crippen LogP contribution in [0.1, 0.15) is 24.8 Å². The van der Waals surface area contributed by atoms with Crippen LogP contribution >= 0.6 is 12.4 Å². The Morgan fingerprint density at radius 3 is 2.47 bits per heavy atom. The third-order valence-electron chi connectivity index (χ3n) is 2.51. The van der Waals surface area contributed by atoms with Crippen LogP contribution in [0, 0.1) is 17.5 Å². The first-order valence-electron chi connectivity index (χ1n) is 5.50. The Labute approximate surface area is 115 Å². The molecule has 1 aromatic rings. The van der Waals surface area contributed by atoms with Crippen LogP contribution in [0.25, 0.3) is 0 Å². The van der Waals surface area contributed by atoms with E-state index in [1.165, 1.54) is 0 Å². The first-order valence-corrected chi connectivity index (χ1v) is 5.50. The summed E-state index contributed by atoms with van der Waals surface area (Å²) in [5.74, 6) is -5.44. The fraction of sp³-hybridized carbons (Fsp3) is 0.417. The van der Waals surface area contributed by atoms with Crippen molar-refractivity contribution < 1.29 is 22.7 Å². The molecule has 0 radical (unpaired) electrons. The number of rotatable bonds is 5. The lowest BCUT2D eigenvalue weighted by atomic mass is 9.95. The van der Waals surface area contributed by atoms with E-state index in [0.717, 1.165) is 12.1 Å². The fourth-order valence-corrected chi connectivity index (χ4v) is 1.60. The number of hydrogen-bond acceptors (Lipinski definition) is 3. The minimum Gasteiger partial charge on any atom is -0.466 e. The van der Waals surface area contributed by atoms with E-state index < -0.39 is 29.3 Å². The van der Waals surface area contributed by atoms with Gasteiger partial charge in [-0.05, 0) is 25.1 Å². The highest BCUT2D eigenvalue weighted by Gasteiger charge is 2.22. The van der Waals surface area contributed by atoms with Gasteiger partial charge in [-0.25, -0.2) is 13.2 Å². The maximum absolute atomic E-state index is 13.5. The summed E-state index contributed by atoms with van der Waals surface area (Å²) in [7, 11) is 0. The van der Waals surface area contributed by atoms with Gasteiger partial charge < -0.3 is 10.5 Å². The van der Waals surface area contributed by atoms with E-state index in [1.807, 2.05) is 0 Å². The molecule has 1 unspecified atom stereocenters. The molecule has 0 fully saturated rings. The average molecular weight is 298 g/mol. The smallest absolute Gasteiger partial charge is 0.306 e. The Hall–Kier alpha value is -1.27. The van der Waals surface area contributed by atoms with Crippen LogP contribution in [-0.4, -0.2) is 19.1 Å². The summed E-state index contributed by atoms with van der Waals surface area (Å²) in [5, 5.41) is 0. The average Bonchev–Trinajstić information content (AvgIpc) is 2.34. The molecule has 108 valence electrons. The van der Waals surface area contributed by atoms with Gasteiger partial charge in [-0.2, -0.15) is 0 Å². The van der Waals surface area contributed by atoms with E-state index >= 15 is 0 Å². The third-order valence-corrected chi connectivity index (χ3v) is 2.51. The molecule has 1 rings (SSSR count). The van der Waals surface area contributed by atoms with E-state index in [4.69, 9.17) is 10.5 Å². The molecule has 0 amide bonds. The topological polar surface area (TPSA) is 52.3 Å². The van der Waals surface area contributed by atoms with Crippen molar-refractivity contribution in [3.8, 4) is 0 Å². The van der Waals surface area contributed by atoms with Gasteiger partial charge in [0.15, 0.2) is 17.5 Å². The monoisotopic (exact) mass is 297 g/mol. The van der Waals surface area contributed by atoms with Gasteiger partial charge in [0.25, 0.3) is 0 Å². The third kappa shape index (κ3) is 4.40. The molecule has 1 atom stereocenters. The summed E-state index contributed by atoms with van der Waals surface area (Å²) in [5.41, 5.74) is 5.29. The lowest BCUT2D eigenvalue weighted by molar-refractivity contribution is -0.143. The molecule has 0 aliphatic carbocycles. The van der Waals surface area contributed by atoms with E-state index in [1.54, 1.807) is 6.92 Å². The Bertz CT molecular complexity index is 443. The van der Waals surface area contributed by atoms with E-state index in [-0.39, 0.29) is 37.5 Å². The summed E-state index contributed by atoms with van der Waals surface area (Å²) in [6.45, 7) is 1.75. The number of halogens is 4. The van der Waals surface area contributed by atoms with Crippen molar-refractivity contribution in [2.24, 2.45) is 5.73 Å². The number of carbonyl (C=O) groups is 1. The minimum atomic E-state index is -1.56. The van der Waals surface area contributed by atoms with Crippen molar-refractivity contribution in [2.45, 2.75) is 19.3 Å². The second kappa shape index (κ2) is 8.01. The van der Waals surface area contributed by atoms with Gasteiger partial charge in [0.05, 0.1) is 13.0 Å². The lowest BCUT2D eigenvalue weighted by Crippen LogP contribution is -2.19. The second-order valence-corrected chi connectivity index (χ2v) is 3.71. The van der Waals surface area contributed by atoms with Crippen LogP contribution in [0.2, 0.25) is 0 Å². The van der Waals surface area contributed by atoms with Crippen molar-refractivity contribution in [2.75, 3.05) is 13.2 Å². The van der Waals surface area contributed by atoms with Crippen LogP contribution in [0.5, 0.6) is 0 Å². The van der Waals surface area contributed by atoms with Gasteiger partial charge >= 0.3 is 5.97 Å². The van der Waals surface area contributed by atoms with Crippen LogP contribution in [0.4, 0.5) is 13.2 Å². The summed E-state index contributed by atoms with van der Waals surface area (Å²) in [4.78, 5) is 11.3. The standard InChI is InChI=1S/C12H14F3NO2.ClH/c1-2-18-10(17)5-7(6-16)8-3-4-9(13)12(15)11(8)14;/h3-4,7H,2,5-6,16H2,1H3;1H. The summed E-state index contributed by atoms with van der Waals surface area (Å²) >= 11 is 0. The molecule has 2 N–H and O–H groups in total. The normalized spacial score (nSPS) is 11.6. The maximum atomic E-state index is 13.5. The highest BCUT2D eigenvalue weighted by atomic mass is 35.5. The Kier molecular flexibility index (Phi) is 7.48. The Morgan fingerprint density at radius 1 is 1.32 bits per heavy atom. The fourth-order valence-electron chi connectivity index (χ4n) is 1.60. The molecule has 0 bridgehead atoms. The molecule has 7 heteroatoms. The molecule has 0 aliphatic rings. The SMILES string of the molecule is CCOC(=O)CC(CN)c1ccc(F)c(F)c1F.Cl. The van der Waals surface area contributed by atoms with Gasteiger partial charge in [0.1, 0.15) is 0 Å². The molecule has 1 aromatic carbocycles. The predicted molar refractivity (Wildman–Crippen MR) is 66.6 cm³/mol. The van der Waals surface area contributed by atoms with E-state index in [0.29, 0.717) is 0 Å². The zero-order chi connectivity index (χ0) is 13.7. The quantitative estimate of drug-likeness (QED) is 0.671. The summed E-state index contributed by atoms with van der Waals surface area (Å²) in [6.07, 6.45) is -0.174. The largest absolute Gasteiger partial charge is 0.466 e. The number of benzene rings is 1. The first-order chi connectivity index (χ1) is 8.51. The van der Waals surface area contributed by atoms with Gasteiger partial charge in [0, 0.05) is 5.92 Å². The zero-order valence-electron chi connectivity index (χ0n) is 10.3. The van der Waals surface area contributed by atoms with Crippen molar-refractivity contribution in [3.05, 3.63) is 35.1 Å². The molecule has 19 heavy (non-hydrogen) atoms. The van der Waals surface area contributed by atoms with Gasteiger partial charge in [-0.3, -0.25) is 4.79 Å². The number of carbonyl (C=O) groups excluding carboxylic acids is 1. The van der Waals surface area contributed by atoms with E-state index in [2.05, 4.69) is 0 Å². The molecule has 0 aromatic heterocycles. The van der Waals surface area contributed by atoms with Crippen LogP contribution in [-0.2, 0) is 9.53 Å².